The highest BCUT2D eigenvalue weighted by Crippen LogP contribution is 2.35. The van der Waals surface area contributed by atoms with Crippen molar-refractivity contribution >= 4 is 35.0 Å². The molecular formula is C25H19ClN6O3. The zero-order valence-electron chi connectivity index (χ0n) is 18.3. The van der Waals surface area contributed by atoms with Gasteiger partial charge < -0.3 is 10.2 Å². The van der Waals surface area contributed by atoms with E-state index in [2.05, 4.69) is 20.6 Å². The first-order chi connectivity index (χ1) is 17.0. The van der Waals surface area contributed by atoms with Gasteiger partial charge in [0.05, 0.1) is 11.2 Å². The Morgan fingerprint density at radius 1 is 0.971 bits per heavy atom. The molecule has 0 saturated heterocycles. The average molecular weight is 487 g/mol. The number of hydrogen-bond acceptors (Lipinski definition) is 5. The number of fused-ring (bicyclic) bond motifs is 1. The van der Waals surface area contributed by atoms with Gasteiger partial charge in [-0.2, -0.15) is 0 Å². The van der Waals surface area contributed by atoms with Gasteiger partial charge in [0.15, 0.2) is 0 Å². The maximum absolute atomic E-state index is 13.4. The molecule has 2 aromatic heterocycles. The summed E-state index contributed by atoms with van der Waals surface area (Å²) < 4.78 is 1.45. The van der Waals surface area contributed by atoms with Crippen LogP contribution in [-0.2, 0) is 11.3 Å². The Balaban J connectivity index is 1.37. The summed E-state index contributed by atoms with van der Waals surface area (Å²) in [5.41, 5.74) is 2.55. The summed E-state index contributed by atoms with van der Waals surface area (Å²) >= 11 is 5.87. The minimum atomic E-state index is -0.832. The molecule has 10 heteroatoms. The van der Waals surface area contributed by atoms with Crippen LogP contribution in [0.4, 0.5) is 16.3 Å². The number of nitrogens with zero attached hydrogens (tertiary/aromatic N) is 4. The van der Waals surface area contributed by atoms with Gasteiger partial charge in [0, 0.05) is 36.5 Å². The molecule has 2 N–H and O–H groups in total. The van der Waals surface area contributed by atoms with Crippen molar-refractivity contribution in [1.29, 1.82) is 0 Å². The van der Waals surface area contributed by atoms with Crippen molar-refractivity contribution in [1.82, 2.24) is 19.4 Å². The number of carbonyl (C=O) groups excluding carboxylic acids is 2. The van der Waals surface area contributed by atoms with E-state index in [1.54, 1.807) is 42.6 Å². The van der Waals surface area contributed by atoms with Gasteiger partial charge in [-0.3, -0.25) is 24.5 Å². The smallest absolute Gasteiger partial charge is 0.324 e. The minimum absolute atomic E-state index is 0.260. The molecular weight excluding hydrogens is 468 g/mol. The fraction of sp³-hybridized carbons (Fsp3) is 0.0800. The lowest BCUT2D eigenvalue weighted by Crippen LogP contribution is -2.39. The number of nitrogens with one attached hydrogen (secondary N) is 2. The molecule has 2 aromatic carbocycles. The van der Waals surface area contributed by atoms with Crippen LogP contribution in [-0.4, -0.2) is 31.4 Å². The lowest BCUT2D eigenvalue weighted by atomic mass is 10.0. The number of amides is 3. The van der Waals surface area contributed by atoms with Gasteiger partial charge in [-0.15, -0.1) is 0 Å². The summed E-state index contributed by atoms with van der Waals surface area (Å²) in [5, 5.41) is 6.06. The van der Waals surface area contributed by atoms with E-state index in [1.807, 2.05) is 24.3 Å². The Labute approximate surface area is 205 Å². The molecule has 1 atom stereocenters. The van der Waals surface area contributed by atoms with E-state index >= 15 is 0 Å². The van der Waals surface area contributed by atoms with E-state index in [9.17, 15) is 14.4 Å². The predicted octanol–water partition coefficient (Wildman–Crippen LogP) is 4.01. The summed E-state index contributed by atoms with van der Waals surface area (Å²) in [6, 6.07) is 16.2. The van der Waals surface area contributed by atoms with Crippen LogP contribution in [0.3, 0.4) is 0 Å². The first kappa shape index (κ1) is 22.3. The second-order valence-corrected chi connectivity index (χ2v) is 8.28. The van der Waals surface area contributed by atoms with Crippen molar-refractivity contribution in [2.75, 3.05) is 10.6 Å². The zero-order valence-corrected chi connectivity index (χ0v) is 19.0. The third-order valence-electron chi connectivity index (χ3n) is 5.61. The van der Waals surface area contributed by atoms with Crippen LogP contribution >= 0.6 is 11.6 Å². The topological polar surface area (TPSA) is 109 Å². The molecule has 9 nitrogen and oxygen atoms in total. The summed E-state index contributed by atoms with van der Waals surface area (Å²) in [6.07, 6.45) is 5.75. The average Bonchev–Trinajstić information content (AvgIpc) is 3.26. The number of benzene rings is 2. The number of urea groups is 1. The second-order valence-electron chi connectivity index (χ2n) is 7.84. The Bertz CT molecular complexity index is 1450. The quantitative estimate of drug-likeness (QED) is 0.453. The van der Waals surface area contributed by atoms with Crippen LogP contribution in [0, 0.1) is 0 Å². The first-order valence-corrected chi connectivity index (χ1v) is 11.1. The molecule has 0 bridgehead atoms. The fourth-order valence-corrected chi connectivity index (χ4v) is 4.08. The van der Waals surface area contributed by atoms with E-state index in [0.29, 0.717) is 22.2 Å². The van der Waals surface area contributed by atoms with Gasteiger partial charge in [-0.25, -0.2) is 9.78 Å². The van der Waals surface area contributed by atoms with E-state index in [-0.39, 0.29) is 18.0 Å². The highest BCUT2D eigenvalue weighted by Gasteiger charge is 2.38. The summed E-state index contributed by atoms with van der Waals surface area (Å²) in [7, 11) is 0. The molecule has 1 aliphatic rings. The van der Waals surface area contributed by atoms with E-state index < -0.39 is 12.1 Å². The maximum atomic E-state index is 13.4. The van der Waals surface area contributed by atoms with Crippen molar-refractivity contribution < 1.29 is 9.59 Å². The Morgan fingerprint density at radius 2 is 1.77 bits per heavy atom. The molecule has 174 valence electrons. The van der Waals surface area contributed by atoms with Crippen LogP contribution in [0.5, 0.6) is 0 Å². The molecule has 35 heavy (non-hydrogen) atoms. The van der Waals surface area contributed by atoms with Crippen LogP contribution in [0.15, 0.2) is 90.2 Å². The minimum Gasteiger partial charge on any atom is -0.324 e. The molecule has 0 fully saturated rings. The standard InChI is InChI=1S/C25H19ClN6O3/c26-17-5-10-21(28-13-17)30-25(35)32-15-16-3-1-2-4-20(16)23(32)24(34)29-18-6-8-19(9-7-18)31-12-11-27-14-22(31)33/h1-14,23H,15H2,(H,29,34)(H,28,30,35)/t23-/m0/s1. The maximum Gasteiger partial charge on any atom is 0.324 e. The number of hydrogen-bond donors (Lipinski definition) is 2. The van der Waals surface area contributed by atoms with Crippen molar-refractivity contribution in [3.05, 3.63) is 112 Å². The van der Waals surface area contributed by atoms with Gasteiger partial charge in [-0.1, -0.05) is 35.9 Å². The van der Waals surface area contributed by atoms with Gasteiger partial charge in [-0.05, 0) is 47.5 Å². The van der Waals surface area contributed by atoms with Crippen molar-refractivity contribution in [3.8, 4) is 5.69 Å². The lowest BCUT2D eigenvalue weighted by Gasteiger charge is -2.24. The number of carbonyl (C=O) groups is 2. The van der Waals surface area contributed by atoms with Crippen LogP contribution in [0.2, 0.25) is 5.02 Å². The molecule has 0 unspecified atom stereocenters. The molecule has 5 rings (SSSR count). The highest BCUT2D eigenvalue weighted by molar-refractivity contribution is 6.30. The number of anilines is 2. The van der Waals surface area contributed by atoms with Crippen LogP contribution < -0.4 is 16.2 Å². The molecule has 3 amide bonds. The fourth-order valence-electron chi connectivity index (χ4n) is 3.97. The number of halogens is 1. The second kappa shape index (κ2) is 9.40. The third-order valence-corrected chi connectivity index (χ3v) is 5.83. The Kier molecular flexibility index (Phi) is 5.99. The van der Waals surface area contributed by atoms with Gasteiger partial charge in [0.2, 0.25) is 0 Å². The zero-order chi connectivity index (χ0) is 24.4. The van der Waals surface area contributed by atoms with Crippen LogP contribution in [0.1, 0.15) is 17.2 Å². The van der Waals surface area contributed by atoms with Gasteiger partial charge in [0.25, 0.3) is 11.5 Å². The van der Waals surface area contributed by atoms with E-state index in [1.165, 1.54) is 28.1 Å². The molecule has 0 radical (unpaired) electrons. The van der Waals surface area contributed by atoms with Crippen molar-refractivity contribution in [3.63, 3.8) is 0 Å². The summed E-state index contributed by atoms with van der Waals surface area (Å²) in [4.78, 5) is 47.8. The molecule has 1 aliphatic heterocycles. The van der Waals surface area contributed by atoms with Gasteiger partial charge >= 0.3 is 6.03 Å². The Morgan fingerprint density at radius 3 is 2.51 bits per heavy atom. The predicted molar refractivity (Wildman–Crippen MR) is 131 cm³/mol. The summed E-state index contributed by atoms with van der Waals surface area (Å²) in [6.45, 7) is 0.275. The number of aromatic nitrogens is 3. The van der Waals surface area contributed by atoms with Crippen LogP contribution in [0.25, 0.3) is 5.69 Å². The molecule has 4 aromatic rings. The lowest BCUT2D eigenvalue weighted by molar-refractivity contribution is -0.120. The van der Waals surface area contributed by atoms with E-state index in [0.717, 1.165) is 11.1 Å². The number of rotatable bonds is 4. The third kappa shape index (κ3) is 4.62. The van der Waals surface area contributed by atoms with Crippen molar-refractivity contribution in [2.24, 2.45) is 0 Å². The van der Waals surface area contributed by atoms with Gasteiger partial charge in [0.1, 0.15) is 11.9 Å². The monoisotopic (exact) mass is 486 g/mol. The summed E-state index contributed by atoms with van der Waals surface area (Å²) in [5.74, 6) is -0.0283. The number of pyridine rings is 1. The Hall–Kier alpha value is -4.50. The highest BCUT2D eigenvalue weighted by atomic mass is 35.5. The molecule has 3 heterocycles. The first-order valence-electron chi connectivity index (χ1n) is 10.7. The molecule has 0 saturated carbocycles. The SMILES string of the molecule is O=C(Nc1ccc(-n2ccncc2=O)cc1)[C@@H]1c2ccccc2CN1C(=O)Nc1ccc(Cl)cn1. The van der Waals surface area contributed by atoms with Crippen molar-refractivity contribution in [2.45, 2.75) is 12.6 Å². The molecule has 0 aliphatic carbocycles. The normalized spacial score (nSPS) is 14.3. The van der Waals surface area contributed by atoms with E-state index in [4.69, 9.17) is 11.6 Å². The molecule has 0 spiro atoms. The largest absolute Gasteiger partial charge is 0.324 e.